The number of ether oxygens (including phenoxy) is 1. The molecule has 76 valence electrons. The maximum absolute atomic E-state index is 13.4. The lowest BCUT2D eigenvalue weighted by Crippen LogP contribution is -2.41. The molecule has 14 heavy (non-hydrogen) atoms. The van der Waals surface area contributed by atoms with Crippen LogP contribution in [0.25, 0.3) is 0 Å². The maximum atomic E-state index is 13.4. The summed E-state index contributed by atoms with van der Waals surface area (Å²) in [5.41, 5.74) is 0.646. The van der Waals surface area contributed by atoms with Gasteiger partial charge in [0.15, 0.2) is 0 Å². The van der Waals surface area contributed by atoms with Crippen molar-refractivity contribution >= 4 is 0 Å². The van der Waals surface area contributed by atoms with Gasteiger partial charge in [0.05, 0.1) is 6.61 Å². The van der Waals surface area contributed by atoms with E-state index in [-0.39, 0.29) is 18.0 Å². The van der Waals surface area contributed by atoms with Crippen molar-refractivity contribution in [3.05, 3.63) is 35.6 Å². The molecule has 2 atom stereocenters. The fourth-order valence-corrected chi connectivity index (χ4v) is 1.79. The molecular formula is C11H14FNO. The van der Waals surface area contributed by atoms with Crippen molar-refractivity contribution in [3.63, 3.8) is 0 Å². The van der Waals surface area contributed by atoms with Gasteiger partial charge in [-0.25, -0.2) is 4.39 Å². The van der Waals surface area contributed by atoms with E-state index in [1.165, 1.54) is 6.07 Å². The molecule has 1 aromatic rings. The summed E-state index contributed by atoms with van der Waals surface area (Å²) in [7, 11) is 0. The number of hydrogen-bond acceptors (Lipinski definition) is 2. The van der Waals surface area contributed by atoms with Crippen LogP contribution in [0.3, 0.4) is 0 Å². The smallest absolute Gasteiger partial charge is 0.129 e. The monoisotopic (exact) mass is 195 g/mol. The SMILES string of the molecule is CC1NCCOC1c1ccccc1F. The Kier molecular flexibility index (Phi) is 2.79. The highest BCUT2D eigenvalue weighted by Gasteiger charge is 2.25. The van der Waals surface area contributed by atoms with Gasteiger partial charge in [0.1, 0.15) is 11.9 Å². The van der Waals surface area contributed by atoms with Crippen molar-refractivity contribution in [2.45, 2.75) is 19.1 Å². The van der Waals surface area contributed by atoms with Gasteiger partial charge in [0.25, 0.3) is 0 Å². The Morgan fingerprint density at radius 2 is 2.21 bits per heavy atom. The molecule has 1 aliphatic heterocycles. The normalized spacial score (nSPS) is 27.6. The molecule has 1 N–H and O–H groups in total. The van der Waals surface area contributed by atoms with Gasteiger partial charge in [0, 0.05) is 18.2 Å². The number of hydrogen-bond donors (Lipinski definition) is 1. The van der Waals surface area contributed by atoms with Gasteiger partial charge in [-0.05, 0) is 13.0 Å². The van der Waals surface area contributed by atoms with Crippen LogP contribution < -0.4 is 5.32 Å². The van der Waals surface area contributed by atoms with Gasteiger partial charge < -0.3 is 10.1 Å². The molecular weight excluding hydrogens is 181 g/mol. The van der Waals surface area contributed by atoms with Gasteiger partial charge in [-0.3, -0.25) is 0 Å². The topological polar surface area (TPSA) is 21.3 Å². The fourth-order valence-electron chi connectivity index (χ4n) is 1.79. The Labute approximate surface area is 83.1 Å². The summed E-state index contributed by atoms with van der Waals surface area (Å²) in [5, 5.41) is 3.27. The quantitative estimate of drug-likeness (QED) is 0.738. The minimum Gasteiger partial charge on any atom is -0.370 e. The van der Waals surface area contributed by atoms with Gasteiger partial charge in [-0.15, -0.1) is 0 Å². The summed E-state index contributed by atoms with van der Waals surface area (Å²) in [6.07, 6.45) is -0.162. The third-order valence-corrected chi connectivity index (χ3v) is 2.53. The highest BCUT2D eigenvalue weighted by molar-refractivity contribution is 5.21. The molecule has 0 radical (unpaired) electrons. The van der Waals surface area contributed by atoms with Crippen molar-refractivity contribution in [1.29, 1.82) is 0 Å². The second-order valence-electron chi connectivity index (χ2n) is 3.56. The van der Waals surface area contributed by atoms with Gasteiger partial charge in [-0.2, -0.15) is 0 Å². The van der Waals surface area contributed by atoms with Crippen LogP contribution in [0, 0.1) is 5.82 Å². The molecule has 1 aromatic carbocycles. The van der Waals surface area contributed by atoms with Crippen LogP contribution in [0.5, 0.6) is 0 Å². The fraction of sp³-hybridized carbons (Fsp3) is 0.455. The van der Waals surface area contributed by atoms with Crippen LogP contribution >= 0.6 is 0 Å². The Hall–Kier alpha value is -0.930. The zero-order chi connectivity index (χ0) is 9.97. The van der Waals surface area contributed by atoms with E-state index in [0.717, 1.165) is 6.54 Å². The molecule has 1 heterocycles. The van der Waals surface area contributed by atoms with E-state index in [0.29, 0.717) is 12.2 Å². The minimum absolute atomic E-state index is 0.162. The summed E-state index contributed by atoms with van der Waals surface area (Å²) < 4.78 is 19.0. The van der Waals surface area contributed by atoms with Crippen molar-refractivity contribution in [2.24, 2.45) is 0 Å². The molecule has 2 rings (SSSR count). The van der Waals surface area contributed by atoms with Gasteiger partial charge in [-0.1, -0.05) is 18.2 Å². The molecule has 3 heteroatoms. The van der Waals surface area contributed by atoms with Crippen molar-refractivity contribution < 1.29 is 9.13 Å². The predicted octanol–water partition coefficient (Wildman–Crippen LogP) is 1.88. The third-order valence-electron chi connectivity index (χ3n) is 2.53. The second-order valence-corrected chi connectivity index (χ2v) is 3.56. The number of benzene rings is 1. The largest absolute Gasteiger partial charge is 0.370 e. The van der Waals surface area contributed by atoms with Gasteiger partial charge in [0.2, 0.25) is 0 Å². The Balaban J connectivity index is 2.25. The van der Waals surface area contributed by atoms with Crippen LogP contribution in [0.2, 0.25) is 0 Å². The summed E-state index contributed by atoms with van der Waals surface area (Å²) in [4.78, 5) is 0. The molecule has 2 nitrogen and oxygen atoms in total. The molecule has 0 saturated carbocycles. The average molecular weight is 195 g/mol. The van der Waals surface area contributed by atoms with Gasteiger partial charge >= 0.3 is 0 Å². The average Bonchev–Trinajstić information content (AvgIpc) is 2.20. The maximum Gasteiger partial charge on any atom is 0.129 e. The zero-order valence-corrected chi connectivity index (χ0v) is 8.16. The molecule has 1 aliphatic rings. The second kappa shape index (κ2) is 4.07. The van der Waals surface area contributed by atoms with E-state index in [1.54, 1.807) is 12.1 Å². The summed E-state index contributed by atoms with van der Waals surface area (Å²) >= 11 is 0. The third kappa shape index (κ3) is 1.79. The van der Waals surface area contributed by atoms with E-state index in [4.69, 9.17) is 4.74 Å². The Morgan fingerprint density at radius 3 is 2.93 bits per heavy atom. The molecule has 0 spiro atoms. The van der Waals surface area contributed by atoms with E-state index in [9.17, 15) is 4.39 Å². The first kappa shape index (κ1) is 9.62. The summed E-state index contributed by atoms with van der Waals surface area (Å²) in [5.74, 6) is -0.187. The van der Waals surface area contributed by atoms with Crippen LogP contribution in [-0.4, -0.2) is 19.2 Å². The van der Waals surface area contributed by atoms with E-state index in [2.05, 4.69) is 5.32 Å². The number of rotatable bonds is 1. The number of halogens is 1. The lowest BCUT2D eigenvalue weighted by Gasteiger charge is -2.30. The molecule has 0 bridgehead atoms. The predicted molar refractivity (Wildman–Crippen MR) is 52.6 cm³/mol. The standard InChI is InChI=1S/C11H14FNO/c1-8-11(14-7-6-13-8)9-4-2-3-5-10(9)12/h2-5,8,11,13H,6-7H2,1H3. The lowest BCUT2D eigenvalue weighted by atomic mass is 10.0. The zero-order valence-electron chi connectivity index (χ0n) is 8.16. The first-order valence-corrected chi connectivity index (χ1v) is 4.88. The first-order chi connectivity index (χ1) is 6.79. The van der Waals surface area contributed by atoms with Crippen LogP contribution in [0.4, 0.5) is 4.39 Å². The van der Waals surface area contributed by atoms with Crippen molar-refractivity contribution in [2.75, 3.05) is 13.2 Å². The number of morpholine rings is 1. The lowest BCUT2D eigenvalue weighted by molar-refractivity contribution is -0.00226. The van der Waals surface area contributed by atoms with Crippen LogP contribution in [0.1, 0.15) is 18.6 Å². The van der Waals surface area contributed by atoms with Crippen LogP contribution in [-0.2, 0) is 4.74 Å². The molecule has 0 aliphatic carbocycles. The Morgan fingerprint density at radius 1 is 1.43 bits per heavy atom. The minimum atomic E-state index is -0.187. The van der Waals surface area contributed by atoms with E-state index < -0.39 is 0 Å². The molecule has 0 amide bonds. The first-order valence-electron chi connectivity index (χ1n) is 4.88. The van der Waals surface area contributed by atoms with E-state index >= 15 is 0 Å². The van der Waals surface area contributed by atoms with E-state index in [1.807, 2.05) is 13.0 Å². The molecule has 0 aromatic heterocycles. The highest BCUT2D eigenvalue weighted by Crippen LogP contribution is 2.25. The van der Waals surface area contributed by atoms with Crippen LogP contribution in [0.15, 0.2) is 24.3 Å². The van der Waals surface area contributed by atoms with Crippen molar-refractivity contribution in [1.82, 2.24) is 5.32 Å². The number of nitrogens with one attached hydrogen (secondary N) is 1. The summed E-state index contributed by atoms with van der Waals surface area (Å²) in [6.45, 7) is 3.49. The highest BCUT2D eigenvalue weighted by atomic mass is 19.1. The molecule has 1 saturated heterocycles. The summed E-state index contributed by atoms with van der Waals surface area (Å²) in [6, 6.07) is 6.95. The Bertz CT molecular complexity index is 316. The van der Waals surface area contributed by atoms with Crippen molar-refractivity contribution in [3.8, 4) is 0 Å². The molecule has 2 unspecified atom stereocenters. The molecule has 1 fully saturated rings.